The molecule has 6 aliphatic rings. The van der Waals surface area contributed by atoms with Crippen LogP contribution in [0.15, 0.2) is 153 Å². The largest absolute Gasteiger partial charge is 0.490 e. The van der Waals surface area contributed by atoms with E-state index in [9.17, 15) is 69.7 Å². The molecule has 56 heteroatoms. The number of hydrogen-bond acceptors (Lipinski definition) is 31. The lowest BCUT2D eigenvalue weighted by Crippen LogP contribution is -2.50. The van der Waals surface area contributed by atoms with Crippen molar-refractivity contribution < 1.29 is 68.7 Å². The summed E-state index contributed by atoms with van der Waals surface area (Å²) in [4.78, 5) is 110. The van der Waals surface area contributed by atoms with E-state index in [2.05, 4.69) is 96.3 Å². The van der Waals surface area contributed by atoms with E-state index in [1.165, 1.54) is 67.1 Å². The van der Waals surface area contributed by atoms with Crippen molar-refractivity contribution in [3.05, 3.63) is 284 Å². The van der Waals surface area contributed by atoms with Crippen LogP contribution < -0.4 is 81.1 Å². The number of halogens is 16. The van der Waals surface area contributed by atoms with Gasteiger partial charge in [0.05, 0.1) is 82.1 Å². The molecule has 3 unspecified atom stereocenters. The normalized spacial score (nSPS) is 17.8. The van der Waals surface area contributed by atoms with Crippen molar-refractivity contribution in [1.82, 2.24) is 88.0 Å². The molecule has 22 rings (SSSR count). The predicted octanol–water partition coefficient (Wildman–Crippen LogP) is 17.2. The second kappa shape index (κ2) is 44.1. The summed E-state index contributed by atoms with van der Waals surface area (Å²) < 4.78 is 142. The second-order valence-electron chi connectivity index (χ2n) is 31.7. The Morgan fingerprint density at radius 1 is 0.469 bits per heavy atom. The summed E-state index contributed by atoms with van der Waals surface area (Å²) in [6.07, 6.45) is 5.98. The minimum absolute atomic E-state index is 0. The summed E-state index contributed by atoms with van der Waals surface area (Å²) >= 11 is 38.3. The average Bonchev–Trinajstić information content (AvgIpc) is 1.58. The highest BCUT2D eigenvalue weighted by atomic mass is 79.9. The molecule has 0 spiro atoms. The molecule has 8 atom stereocenters. The van der Waals surface area contributed by atoms with Gasteiger partial charge in [0.25, 0.3) is 11.4 Å². The van der Waals surface area contributed by atoms with Crippen LogP contribution in [0.2, 0.25) is 30.9 Å². The first-order valence-corrected chi connectivity index (χ1v) is 45.5. The first kappa shape index (κ1) is 103. The van der Waals surface area contributed by atoms with Gasteiger partial charge < -0.3 is 83.7 Å². The zero-order valence-electron chi connectivity index (χ0n) is 73.1. The van der Waals surface area contributed by atoms with Crippen LogP contribution in [0.5, 0.6) is 23.0 Å². The van der Waals surface area contributed by atoms with E-state index in [1.54, 1.807) is 48.5 Å². The van der Waals surface area contributed by atoms with Crippen molar-refractivity contribution in [3.63, 3.8) is 0 Å². The number of imidazole rings is 4. The molecular formula is C87H74BrCl7F8N28O12. The number of nitrogens with two attached hydrogens (primary N) is 6. The third-order valence-electron chi connectivity index (χ3n) is 23.0. The lowest BCUT2D eigenvalue weighted by atomic mass is 9.78. The molecule has 5 aliphatic heterocycles. The van der Waals surface area contributed by atoms with Crippen LogP contribution in [0, 0.1) is 66.9 Å². The molecule has 1 aliphatic carbocycles. The number of rotatable bonds is 10. The van der Waals surface area contributed by atoms with Gasteiger partial charge in [0, 0.05) is 90.8 Å². The summed E-state index contributed by atoms with van der Waals surface area (Å²) in [6, 6.07) is 27.0. The summed E-state index contributed by atoms with van der Waals surface area (Å²) in [6.45, 7) is 1.71. The number of aromatic amines is 3. The predicted molar refractivity (Wildman–Crippen MR) is 521 cm³/mol. The SMILES string of the molecule is Cl.N[C@@H]1CCOC2C(F)CCCC21.Nc1nc(Cl)c(N)c(Cl)n1.Nc1nc(Cl)c(N)c(N[C@@H]2CCOc3c(F)cccc32)n1.Nc1nc(Cl)c2[nH]c(=O)n([C@@H]3CCOc4c(F)cccc43)c2n1.O=[N+]([O-])c1ccc(F)cc1Br.O=c1[nH]c2c(Cl)nc(-n3cnc4ccc(F)cc43)nc2n1[C@@H]1CCOc2c(F)cccc21.O=c1[nH]c2c(Cl)nc(Nc3cc(F)ccc3[N+](=O)[O-])nc2n1[C@@H]1CCOc2c(F)cccc21. The molecule has 2 fully saturated rings. The van der Waals surface area contributed by atoms with Gasteiger partial charge in [-0.3, -0.25) is 38.5 Å². The molecule has 14 heterocycles. The van der Waals surface area contributed by atoms with E-state index in [0.29, 0.717) is 89.9 Å². The van der Waals surface area contributed by atoms with Crippen molar-refractivity contribution in [1.29, 1.82) is 0 Å². The van der Waals surface area contributed by atoms with Gasteiger partial charge in [-0.2, -0.15) is 49.8 Å². The number of nitro benzene ring substituents is 2. The molecule has 9 aromatic heterocycles. The van der Waals surface area contributed by atoms with Gasteiger partial charge in [0.1, 0.15) is 63.6 Å². The average molecular weight is 2180 g/mol. The monoisotopic (exact) mass is 2180 g/mol. The number of nitrogens with zero attached hydrogens (tertiary/aromatic N) is 17. The highest BCUT2D eigenvalue weighted by Gasteiger charge is 2.41. The fraction of sp³-hybridized carbons (Fsp3) is 0.241. The van der Waals surface area contributed by atoms with Gasteiger partial charge in [0.2, 0.25) is 29.7 Å². The number of ether oxygens (including phenoxy) is 5. The maximum Gasteiger partial charge on any atom is 0.328 e. The van der Waals surface area contributed by atoms with Crippen LogP contribution in [-0.2, 0) is 4.74 Å². The van der Waals surface area contributed by atoms with Gasteiger partial charge in [-0.25, -0.2) is 54.5 Å². The van der Waals surface area contributed by atoms with E-state index < -0.39 is 97.6 Å². The Hall–Kier alpha value is -14.3. The van der Waals surface area contributed by atoms with Crippen LogP contribution in [0.25, 0.3) is 50.5 Å². The molecule has 17 N–H and O–H groups in total. The molecule has 143 heavy (non-hydrogen) atoms. The van der Waals surface area contributed by atoms with E-state index in [0.717, 1.165) is 55.7 Å². The topological polar surface area (TPSA) is 573 Å². The number of benzene rings is 7. The molecule has 0 bridgehead atoms. The van der Waals surface area contributed by atoms with Crippen LogP contribution in [0.3, 0.4) is 0 Å². The number of aromatic nitrogens is 18. The second-order valence-corrected chi connectivity index (χ2v) is 34.7. The number of anilines is 8. The van der Waals surface area contributed by atoms with Crippen molar-refractivity contribution in [2.24, 2.45) is 11.7 Å². The standard InChI is InChI=1S/C21H13ClF2N6O2.C20H13ClF2N6O4.C14H11ClFN5O2.C13H13ClFN5O.C9H16FNO.C6H3BrFNO2.C4H4Cl2N4.ClH/c22-18-16-19(28-20(27-18)29-9-25-13-5-4-10(23)8-15(13)29)30(21(31)26-16)14-6-7-32-17-11(14)2-1-3-12(17)24;21-17-15-18(27-19(26-17)24-12-8-9(22)4-5-14(12)29(31)32)28(20(30)25-15)13-6-7-33-16-10(13)2-1-3-11(16)23;15-11-9-12(20-13(17)19-11)21(14(22)18-9)8-4-5-23-10-6(8)2-1-3-7(10)16;14-11-9(16)12(20-13(17)19-11)18-8-4-5-21-10-6(8)2-1-3-7(10)15;10-7-3-1-2-6-8(11)4-5-12-9(6)7;7-5-3-4(8)1-2-6(5)9(10)11;5-2-1(7)3(6)10-4(8)9-2;/h1-5,8-9,14H,6-7H2,(H,26,31);1-5,8,13H,6-7H2,(H,25,30)(H,24,26,27);1-3,8H,4-5H2,(H,18,22)(H2,17,19,20);1-3,8H,4-5,16H2,(H3,17,18,19,20);6-9H,1-5,11H2;1-3H;7H2,(H2,8,9,10);1H/t14-;13-;2*8-;6?,7?,8-,9?;;;/m11111.../s1. The Bertz CT molecular complexity index is 7730. The minimum Gasteiger partial charge on any atom is -0.490 e. The minimum atomic E-state index is -0.768. The smallest absolute Gasteiger partial charge is 0.328 e. The number of nitrogens with one attached hydrogen (secondary N) is 5. The molecule has 1 saturated heterocycles. The molecule has 1 saturated carbocycles. The Kier molecular flexibility index (Phi) is 31.7. The lowest BCUT2D eigenvalue weighted by Gasteiger charge is -2.41. The number of fused-ring (bicyclic) bond motifs is 9. The fourth-order valence-corrected chi connectivity index (χ4v) is 18.3. The van der Waals surface area contributed by atoms with Crippen LogP contribution in [0.1, 0.15) is 97.8 Å². The van der Waals surface area contributed by atoms with E-state index >= 15 is 0 Å². The van der Waals surface area contributed by atoms with Crippen LogP contribution >= 0.6 is 97.9 Å². The van der Waals surface area contributed by atoms with Crippen molar-refractivity contribution >= 4 is 201 Å². The molecule has 0 radical (unpaired) electrons. The Morgan fingerprint density at radius 3 is 1.42 bits per heavy atom. The first-order valence-electron chi connectivity index (χ1n) is 42.4. The molecule has 746 valence electrons. The fourth-order valence-electron chi connectivity index (χ4n) is 16.6. The molecule has 7 aromatic carbocycles. The highest BCUT2D eigenvalue weighted by Crippen LogP contribution is 2.45. The molecule has 0 amide bonds. The molecule has 40 nitrogen and oxygen atoms in total. The van der Waals surface area contributed by atoms with Crippen molar-refractivity contribution in [2.45, 2.75) is 93.9 Å². The summed E-state index contributed by atoms with van der Waals surface area (Å²) in [7, 11) is 0. The first-order chi connectivity index (χ1) is 68.0. The van der Waals surface area contributed by atoms with Gasteiger partial charge in [-0.15, -0.1) is 12.4 Å². The number of para-hydroxylation sites is 4. The van der Waals surface area contributed by atoms with Gasteiger partial charge >= 0.3 is 17.1 Å². The quantitative estimate of drug-likeness (QED) is 0.0262. The highest BCUT2D eigenvalue weighted by molar-refractivity contribution is 9.10. The Balaban J connectivity index is 0.000000131. The lowest BCUT2D eigenvalue weighted by molar-refractivity contribution is -0.385. The van der Waals surface area contributed by atoms with Gasteiger partial charge in [0.15, 0.2) is 99.9 Å². The van der Waals surface area contributed by atoms with Gasteiger partial charge in [-0.05, 0) is 89.8 Å². The molecule has 16 aromatic rings. The van der Waals surface area contributed by atoms with Crippen molar-refractivity contribution in [2.75, 3.05) is 72.3 Å². The number of H-pyrrole nitrogens is 3. The number of hydrogen-bond donors (Lipinski definition) is 11. The van der Waals surface area contributed by atoms with E-state index in [4.69, 9.17) is 128 Å². The maximum absolute atomic E-state index is 14.3. The maximum atomic E-state index is 14.3. The Labute approximate surface area is 842 Å². The van der Waals surface area contributed by atoms with Crippen molar-refractivity contribution in [3.8, 4) is 28.9 Å². The Morgan fingerprint density at radius 2 is 0.902 bits per heavy atom. The molecular weight excluding hydrogens is 2110 g/mol. The van der Waals surface area contributed by atoms with Crippen LogP contribution in [0.4, 0.5) is 93.2 Å². The number of nitro groups is 2. The number of alkyl halides is 1. The van der Waals surface area contributed by atoms with Crippen LogP contribution in [-0.4, -0.2) is 149 Å². The summed E-state index contributed by atoms with van der Waals surface area (Å²) in [5.74, 6) is -2.49. The van der Waals surface area contributed by atoms with E-state index in [-0.39, 0.29) is 195 Å². The summed E-state index contributed by atoms with van der Waals surface area (Å²) in [5, 5.41) is 27.4. The zero-order chi connectivity index (χ0) is 101. The van der Waals surface area contributed by atoms with E-state index in [1.807, 2.05) is 0 Å². The third kappa shape index (κ3) is 22.2. The zero-order valence-corrected chi connectivity index (χ0v) is 80.0. The van der Waals surface area contributed by atoms with Gasteiger partial charge in [-0.1, -0.05) is 125 Å². The number of nitrogen functional groups attached to an aromatic ring is 5. The summed E-state index contributed by atoms with van der Waals surface area (Å²) in [5.41, 5.74) is 36.2. The third-order valence-corrected chi connectivity index (χ3v) is 25.3.